The molecule has 2 aliphatic rings. The maximum atomic E-state index is 13.6. The van der Waals surface area contributed by atoms with E-state index in [2.05, 4.69) is 0 Å². The molecular weight excluding hydrogens is 295 g/mol. The van der Waals surface area contributed by atoms with Gasteiger partial charge in [-0.05, 0) is 42.9 Å². The van der Waals surface area contributed by atoms with Gasteiger partial charge >= 0.3 is 0 Å². The molecule has 23 heavy (non-hydrogen) atoms. The summed E-state index contributed by atoms with van der Waals surface area (Å²) in [6.45, 7) is 0.781. The summed E-state index contributed by atoms with van der Waals surface area (Å²) in [5.74, 6) is 0.0490. The van der Waals surface area contributed by atoms with Crippen molar-refractivity contribution in [3.63, 3.8) is 0 Å². The van der Waals surface area contributed by atoms with Gasteiger partial charge < -0.3 is 9.80 Å². The molecule has 1 heterocycles. The van der Waals surface area contributed by atoms with Gasteiger partial charge in [-0.1, -0.05) is 12.1 Å². The van der Waals surface area contributed by atoms with Crippen molar-refractivity contribution >= 4 is 11.8 Å². The molecule has 2 fully saturated rings. The first kappa shape index (κ1) is 16.0. The topological polar surface area (TPSA) is 40.6 Å². The molecule has 0 unspecified atom stereocenters. The van der Waals surface area contributed by atoms with E-state index in [1.807, 2.05) is 7.05 Å². The Morgan fingerprint density at radius 1 is 1.35 bits per heavy atom. The zero-order chi connectivity index (χ0) is 16.6. The maximum Gasteiger partial charge on any atom is 0.227 e. The SMILES string of the molecule is CN(CC1CC1)C(=O)[C@H]1CCC(=O)N(C)[C@H]1c1cccc(F)c1. The lowest BCUT2D eigenvalue weighted by molar-refractivity contribution is -0.146. The van der Waals surface area contributed by atoms with Crippen LogP contribution in [0.5, 0.6) is 0 Å². The van der Waals surface area contributed by atoms with Crippen molar-refractivity contribution in [2.24, 2.45) is 11.8 Å². The second kappa shape index (κ2) is 6.30. The van der Waals surface area contributed by atoms with Gasteiger partial charge in [0.25, 0.3) is 0 Å². The molecular formula is C18H23FN2O2. The summed E-state index contributed by atoms with van der Waals surface area (Å²) in [5, 5.41) is 0. The minimum Gasteiger partial charge on any atom is -0.345 e. The van der Waals surface area contributed by atoms with Crippen molar-refractivity contribution in [1.29, 1.82) is 0 Å². The van der Waals surface area contributed by atoms with Crippen LogP contribution in [0.15, 0.2) is 24.3 Å². The van der Waals surface area contributed by atoms with E-state index in [0.29, 0.717) is 24.3 Å². The Kier molecular flexibility index (Phi) is 4.37. The molecule has 0 aromatic heterocycles. The van der Waals surface area contributed by atoms with Gasteiger partial charge in [-0.3, -0.25) is 9.59 Å². The Bertz CT molecular complexity index is 615. The molecule has 1 aliphatic carbocycles. The molecule has 0 N–H and O–H groups in total. The van der Waals surface area contributed by atoms with Crippen molar-refractivity contribution in [3.8, 4) is 0 Å². The molecule has 3 rings (SSSR count). The summed E-state index contributed by atoms with van der Waals surface area (Å²) in [4.78, 5) is 28.4. The van der Waals surface area contributed by atoms with Crippen molar-refractivity contribution in [2.45, 2.75) is 31.7 Å². The third kappa shape index (κ3) is 3.38. The predicted octanol–water partition coefficient (Wildman–Crippen LogP) is 2.60. The molecule has 1 saturated carbocycles. The number of halogens is 1. The van der Waals surface area contributed by atoms with Crippen molar-refractivity contribution in [2.75, 3.05) is 20.6 Å². The maximum absolute atomic E-state index is 13.6. The molecule has 124 valence electrons. The van der Waals surface area contributed by atoms with E-state index in [1.54, 1.807) is 29.0 Å². The summed E-state index contributed by atoms with van der Waals surface area (Å²) in [6.07, 6.45) is 3.27. The Hall–Kier alpha value is -1.91. The lowest BCUT2D eigenvalue weighted by atomic mass is 9.83. The van der Waals surface area contributed by atoms with Crippen LogP contribution in [0, 0.1) is 17.7 Å². The van der Waals surface area contributed by atoms with E-state index in [9.17, 15) is 14.0 Å². The fourth-order valence-electron chi connectivity index (χ4n) is 3.50. The number of benzene rings is 1. The van der Waals surface area contributed by atoms with Crippen molar-refractivity contribution < 1.29 is 14.0 Å². The Morgan fingerprint density at radius 2 is 2.09 bits per heavy atom. The minimum atomic E-state index is -0.388. The molecule has 2 atom stereocenters. The Labute approximate surface area is 136 Å². The summed E-state index contributed by atoms with van der Waals surface area (Å²) in [5.41, 5.74) is 0.693. The zero-order valence-corrected chi connectivity index (χ0v) is 13.7. The molecule has 4 nitrogen and oxygen atoms in total. The summed E-state index contributed by atoms with van der Waals surface area (Å²) < 4.78 is 13.6. The van der Waals surface area contributed by atoms with Crippen LogP contribution >= 0.6 is 0 Å². The van der Waals surface area contributed by atoms with Gasteiger partial charge in [0.1, 0.15) is 5.82 Å². The van der Waals surface area contributed by atoms with Crippen LogP contribution in [0.2, 0.25) is 0 Å². The number of likely N-dealkylation sites (tertiary alicyclic amines) is 1. The second-order valence-corrected chi connectivity index (χ2v) is 6.81. The molecule has 5 heteroatoms. The quantitative estimate of drug-likeness (QED) is 0.856. The molecule has 0 radical (unpaired) electrons. The highest BCUT2D eigenvalue weighted by Gasteiger charge is 2.40. The number of hydrogen-bond acceptors (Lipinski definition) is 2. The Balaban J connectivity index is 1.86. The smallest absolute Gasteiger partial charge is 0.227 e. The van der Waals surface area contributed by atoms with E-state index in [4.69, 9.17) is 0 Å². The molecule has 1 saturated heterocycles. The van der Waals surface area contributed by atoms with E-state index in [1.165, 1.54) is 25.0 Å². The van der Waals surface area contributed by atoms with Crippen LogP contribution in [0.1, 0.15) is 37.3 Å². The summed E-state index contributed by atoms with van der Waals surface area (Å²) >= 11 is 0. The molecule has 1 aromatic carbocycles. The highest BCUT2D eigenvalue weighted by atomic mass is 19.1. The lowest BCUT2D eigenvalue weighted by Gasteiger charge is -2.40. The highest BCUT2D eigenvalue weighted by molar-refractivity contribution is 5.84. The van der Waals surface area contributed by atoms with Crippen LogP contribution in [-0.2, 0) is 9.59 Å². The second-order valence-electron chi connectivity index (χ2n) is 6.81. The van der Waals surface area contributed by atoms with Gasteiger partial charge in [-0.25, -0.2) is 4.39 Å². The van der Waals surface area contributed by atoms with Crippen molar-refractivity contribution in [1.82, 2.24) is 9.80 Å². The monoisotopic (exact) mass is 318 g/mol. The average Bonchev–Trinajstić information content (AvgIpc) is 3.33. The summed E-state index contributed by atoms with van der Waals surface area (Å²) in [7, 11) is 3.54. The van der Waals surface area contributed by atoms with Crippen LogP contribution < -0.4 is 0 Å². The van der Waals surface area contributed by atoms with Crippen LogP contribution in [0.3, 0.4) is 0 Å². The lowest BCUT2D eigenvalue weighted by Crippen LogP contribution is -2.47. The van der Waals surface area contributed by atoms with Crippen LogP contribution in [-0.4, -0.2) is 42.3 Å². The molecule has 0 spiro atoms. The van der Waals surface area contributed by atoms with Gasteiger partial charge in [0.2, 0.25) is 11.8 Å². The predicted molar refractivity (Wildman–Crippen MR) is 85.0 cm³/mol. The van der Waals surface area contributed by atoms with Gasteiger partial charge in [0, 0.05) is 27.1 Å². The molecule has 1 aromatic rings. The third-order valence-electron chi connectivity index (χ3n) is 4.97. The van der Waals surface area contributed by atoms with Crippen molar-refractivity contribution in [3.05, 3.63) is 35.6 Å². The van der Waals surface area contributed by atoms with Gasteiger partial charge in [-0.2, -0.15) is 0 Å². The van der Waals surface area contributed by atoms with Crippen LogP contribution in [0.4, 0.5) is 4.39 Å². The molecule has 1 aliphatic heterocycles. The van der Waals surface area contributed by atoms with E-state index < -0.39 is 0 Å². The van der Waals surface area contributed by atoms with E-state index >= 15 is 0 Å². The average molecular weight is 318 g/mol. The number of carbonyl (C=O) groups excluding carboxylic acids is 2. The van der Waals surface area contributed by atoms with Gasteiger partial charge in [0.15, 0.2) is 0 Å². The van der Waals surface area contributed by atoms with Gasteiger partial charge in [0.05, 0.1) is 12.0 Å². The van der Waals surface area contributed by atoms with Crippen LogP contribution in [0.25, 0.3) is 0 Å². The number of nitrogens with zero attached hydrogens (tertiary/aromatic N) is 2. The first-order valence-electron chi connectivity index (χ1n) is 8.23. The number of piperidine rings is 1. The zero-order valence-electron chi connectivity index (χ0n) is 13.7. The minimum absolute atomic E-state index is 0.00755. The Morgan fingerprint density at radius 3 is 2.74 bits per heavy atom. The standard InChI is InChI=1S/C18H23FN2O2/c1-20(11-12-6-7-12)18(23)15-8-9-16(22)21(2)17(15)13-4-3-5-14(19)10-13/h3-5,10,12,15,17H,6-9,11H2,1-2H3/t15-,17-/m0/s1. The third-order valence-corrected chi connectivity index (χ3v) is 4.97. The number of carbonyl (C=O) groups is 2. The fourth-order valence-corrected chi connectivity index (χ4v) is 3.50. The number of amides is 2. The first-order valence-corrected chi connectivity index (χ1v) is 8.23. The first-order chi connectivity index (χ1) is 11.0. The van der Waals surface area contributed by atoms with E-state index in [0.717, 1.165) is 6.54 Å². The molecule has 0 bridgehead atoms. The highest BCUT2D eigenvalue weighted by Crippen LogP contribution is 2.38. The molecule has 2 amide bonds. The largest absolute Gasteiger partial charge is 0.345 e. The normalized spacial score (nSPS) is 24.7. The number of hydrogen-bond donors (Lipinski definition) is 0. The number of rotatable bonds is 4. The van der Waals surface area contributed by atoms with E-state index in [-0.39, 0.29) is 29.6 Å². The fraction of sp³-hybridized carbons (Fsp3) is 0.556. The van der Waals surface area contributed by atoms with Gasteiger partial charge in [-0.15, -0.1) is 0 Å². The summed E-state index contributed by atoms with van der Waals surface area (Å²) in [6, 6.07) is 5.85.